The number of aliphatic hydroxyl groups is 2. The Morgan fingerprint density at radius 3 is 1.94 bits per heavy atom. The first-order chi connectivity index (χ1) is 8.53. The second kappa shape index (κ2) is 6.23. The SMILES string of the molecule is COC(=O)C(O)C(O)c1cc(OC)cc(OC)c1. The molecule has 0 saturated carbocycles. The summed E-state index contributed by atoms with van der Waals surface area (Å²) in [7, 11) is 4.05. The minimum atomic E-state index is -1.66. The molecule has 0 fully saturated rings. The van der Waals surface area contributed by atoms with Crippen LogP contribution < -0.4 is 9.47 Å². The molecular weight excluding hydrogens is 240 g/mol. The van der Waals surface area contributed by atoms with Crippen LogP contribution in [0.25, 0.3) is 0 Å². The van der Waals surface area contributed by atoms with Gasteiger partial charge in [-0.15, -0.1) is 0 Å². The zero-order valence-electron chi connectivity index (χ0n) is 10.4. The van der Waals surface area contributed by atoms with Gasteiger partial charge in [0.05, 0.1) is 21.3 Å². The van der Waals surface area contributed by atoms with Crippen molar-refractivity contribution in [3.63, 3.8) is 0 Å². The Balaban J connectivity index is 3.04. The highest BCUT2D eigenvalue weighted by Gasteiger charge is 2.27. The van der Waals surface area contributed by atoms with Crippen molar-refractivity contribution in [1.82, 2.24) is 0 Å². The number of rotatable bonds is 5. The van der Waals surface area contributed by atoms with Crippen LogP contribution in [0, 0.1) is 0 Å². The summed E-state index contributed by atoms with van der Waals surface area (Å²) in [5.74, 6) is -0.0229. The maximum atomic E-state index is 11.1. The molecule has 0 amide bonds. The minimum absolute atomic E-state index is 0.295. The summed E-state index contributed by atoms with van der Waals surface area (Å²) in [5, 5.41) is 19.4. The highest BCUT2D eigenvalue weighted by atomic mass is 16.5. The third kappa shape index (κ3) is 3.12. The van der Waals surface area contributed by atoms with Gasteiger partial charge in [-0.3, -0.25) is 0 Å². The molecule has 6 nitrogen and oxygen atoms in total. The average Bonchev–Trinajstić information content (AvgIpc) is 2.43. The van der Waals surface area contributed by atoms with Crippen LogP contribution in [0.4, 0.5) is 0 Å². The lowest BCUT2D eigenvalue weighted by Gasteiger charge is -2.17. The van der Waals surface area contributed by atoms with Gasteiger partial charge < -0.3 is 24.4 Å². The number of carbonyl (C=O) groups is 1. The molecule has 0 spiro atoms. The van der Waals surface area contributed by atoms with E-state index in [0.717, 1.165) is 7.11 Å². The molecule has 0 radical (unpaired) electrons. The van der Waals surface area contributed by atoms with Gasteiger partial charge in [-0.05, 0) is 17.7 Å². The van der Waals surface area contributed by atoms with Crippen LogP contribution in [0.1, 0.15) is 11.7 Å². The van der Waals surface area contributed by atoms with Crippen molar-refractivity contribution in [3.05, 3.63) is 23.8 Å². The Hall–Kier alpha value is -1.79. The van der Waals surface area contributed by atoms with E-state index < -0.39 is 18.2 Å². The molecule has 0 saturated heterocycles. The molecule has 1 rings (SSSR count). The van der Waals surface area contributed by atoms with Crippen molar-refractivity contribution >= 4 is 5.97 Å². The molecule has 1 aromatic carbocycles. The van der Waals surface area contributed by atoms with Crippen molar-refractivity contribution < 1.29 is 29.2 Å². The Morgan fingerprint density at radius 1 is 1.06 bits per heavy atom. The van der Waals surface area contributed by atoms with Crippen molar-refractivity contribution in [1.29, 1.82) is 0 Å². The monoisotopic (exact) mass is 256 g/mol. The molecule has 18 heavy (non-hydrogen) atoms. The molecule has 100 valence electrons. The quantitative estimate of drug-likeness (QED) is 0.736. The van der Waals surface area contributed by atoms with Gasteiger partial charge in [-0.2, -0.15) is 0 Å². The number of ether oxygens (including phenoxy) is 3. The van der Waals surface area contributed by atoms with E-state index in [9.17, 15) is 15.0 Å². The van der Waals surface area contributed by atoms with E-state index in [4.69, 9.17) is 9.47 Å². The van der Waals surface area contributed by atoms with Gasteiger partial charge in [0.15, 0.2) is 6.10 Å². The van der Waals surface area contributed by atoms with Gasteiger partial charge in [0.1, 0.15) is 17.6 Å². The first-order valence-electron chi connectivity index (χ1n) is 5.20. The van der Waals surface area contributed by atoms with E-state index in [-0.39, 0.29) is 0 Å². The summed E-state index contributed by atoms with van der Waals surface area (Å²) in [5.41, 5.74) is 0.295. The summed E-state index contributed by atoms with van der Waals surface area (Å²) < 4.78 is 14.4. The Labute approximate surface area is 105 Å². The van der Waals surface area contributed by atoms with Crippen LogP contribution in [0.3, 0.4) is 0 Å². The van der Waals surface area contributed by atoms with E-state index in [2.05, 4.69) is 4.74 Å². The molecule has 0 bridgehead atoms. The second-order valence-electron chi connectivity index (χ2n) is 3.56. The van der Waals surface area contributed by atoms with Crippen molar-refractivity contribution in [2.24, 2.45) is 0 Å². The fourth-order valence-corrected chi connectivity index (χ4v) is 1.43. The van der Waals surface area contributed by atoms with Crippen LogP contribution in [-0.4, -0.2) is 43.6 Å². The Kier molecular flexibility index (Phi) is 4.94. The molecule has 2 unspecified atom stereocenters. The molecule has 6 heteroatoms. The van der Waals surface area contributed by atoms with Crippen LogP contribution >= 0.6 is 0 Å². The predicted molar refractivity (Wildman–Crippen MR) is 62.5 cm³/mol. The normalized spacial score (nSPS) is 13.6. The topological polar surface area (TPSA) is 85.2 Å². The van der Waals surface area contributed by atoms with Crippen LogP contribution in [0.15, 0.2) is 18.2 Å². The molecule has 1 aromatic rings. The summed E-state index contributed by atoms with van der Waals surface area (Å²) in [4.78, 5) is 11.1. The van der Waals surface area contributed by atoms with Crippen molar-refractivity contribution in [2.45, 2.75) is 12.2 Å². The first-order valence-corrected chi connectivity index (χ1v) is 5.20. The third-order valence-corrected chi connectivity index (χ3v) is 2.46. The fraction of sp³-hybridized carbons (Fsp3) is 0.417. The molecule has 0 aliphatic rings. The lowest BCUT2D eigenvalue weighted by molar-refractivity contribution is -0.156. The van der Waals surface area contributed by atoms with E-state index >= 15 is 0 Å². The number of carbonyl (C=O) groups excluding carboxylic acids is 1. The fourth-order valence-electron chi connectivity index (χ4n) is 1.43. The van der Waals surface area contributed by atoms with E-state index in [1.807, 2.05) is 0 Å². The Bertz CT molecular complexity index is 395. The Morgan fingerprint density at radius 2 is 1.56 bits per heavy atom. The van der Waals surface area contributed by atoms with E-state index in [1.165, 1.54) is 26.4 Å². The number of aliphatic hydroxyl groups excluding tert-OH is 2. The highest BCUT2D eigenvalue weighted by Crippen LogP contribution is 2.28. The number of methoxy groups -OCH3 is 3. The summed E-state index contributed by atoms with van der Waals surface area (Å²) in [6, 6.07) is 4.61. The first kappa shape index (κ1) is 14.3. The lowest BCUT2D eigenvalue weighted by atomic mass is 10.0. The van der Waals surface area contributed by atoms with Crippen LogP contribution in [-0.2, 0) is 9.53 Å². The molecular formula is C12H16O6. The van der Waals surface area contributed by atoms with Gasteiger partial charge in [-0.25, -0.2) is 4.79 Å². The summed E-state index contributed by atoms with van der Waals surface area (Å²) >= 11 is 0. The number of hydrogen-bond donors (Lipinski definition) is 2. The number of benzene rings is 1. The molecule has 2 N–H and O–H groups in total. The minimum Gasteiger partial charge on any atom is -0.497 e. The summed E-state index contributed by atoms with van der Waals surface area (Å²) in [6.45, 7) is 0. The second-order valence-corrected chi connectivity index (χ2v) is 3.56. The maximum Gasteiger partial charge on any atom is 0.337 e. The highest BCUT2D eigenvalue weighted by molar-refractivity contribution is 5.75. The standard InChI is InChI=1S/C12H16O6/c1-16-8-4-7(5-9(6-8)17-2)10(13)11(14)12(15)18-3/h4-6,10-11,13-14H,1-3H3. The molecule has 0 aliphatic carbocycles. The van der Waals surface area contributed by atoms with Gasteiger partial charge >= 0.3 is 5.97 Å². The average molecular weight is 256 g/mol. The third-order valence-electron chi connectivity index (χ3n) is 2.46. The molecule has 0 heterocycles. The zero-order chi connectivity index (χ0) is 13.7. The molecule has 0 aromatic heterocycles. The largest absolute Gasteiger partial charge is 0.497 e. The van der Waals surface area contributed by atoms with Crippen molar-refractivity contribution in [2.75, 3.05) is 21.3 Å². The van der Waals surface area contributed by atoms with Gasteiger partial charge in [0.2, 0.25) is 0 Å². The van der Waals surface area contributed by atoms with E-state index in [1.54, 1.807) is 6.07 Å². The number of esters is 1. The van der Waals surface area contributed by atoms with Gasteiger partial charge in [0, 0.05) is 6.07 Å². The van der Waals surface area contributed by atoms with Gasteiger partial charge in [-0.1, -0.05) is 0 Å². The molecule has 0 aliphatic heterocycles. The van der Waals surface area contributed by atoms with Crippen LogP contribution in [0.2, 0.25) is 0 Å². The van der Waals surface area contributed by atoms with Crippen molar-refractivity contribution in [3.8, 4) is 11.5 Å². The molecule has 2 atom stereocenters. The number of hydrogen-bond acceptors (Lipinski definition) is 6. The van der Waals surface area contributed by atoms with E-state index in [0.29, 0.717) is 17.1 Å². The van der Waals surface area contributed by atoms with Gasteiger partial charge in [0.25, 0.3) is 0 Å². The lowest BCUT2D eigenvalue weighted by Crippen LogP contribution is -2.29. The van der Waals surface area contributed by atoms with Crippen LogP contribution in [0.5, 0.6) is 11.5 Å². The maximum absolute atomic E-state index is 11.1. The smallest absolute Gasteiger partial charge is 0.337 e. The predicted octanol–water partition coefficient (Wildman–Crippen LogP) is 0.271. The zero-order valence-corrected chi connectivity index (χ0v) is 10.4. The summed E-state index contributed by atoms with van der Waals surface area (Å²) in [6.07, 6.45) is -3.08.